The van der Waals surface area contributed by atoms with E-state index in [2.05, 4.69) is 24.4 Å². The fraction of sp³-hybridized carbons (Fsp3) is 0.789. The van der Waals surface area contributed by atoms with Gasteiger partial charge in [0.05, 0.1) is 18.8 Å². The van der Waals surface area contributed by atoms with Crippen LogP contribution in [0, 0.1) is 11.8 Å². The maximum absolute atomic E-state index is 11.7. The lowest BCUT2D eigenvalue weighted by atomic mass is 9.78. The Hall–Kier alpha value is -1.56. The van der Waals surface area contributed by atoms with Gasteiger partial charge in [-0.3, -0.25) is 4.79 Å². The van der Waals surface area contributed by atoms with Crippen LogP contribution in [-0.2, 0) is 14.3 Å². The van der Waals surface area contributed by atoms with E-state index in [1.54, 1.807) is 0 Å². The number of carboxylic acid groups (broad SMARTS) is 1. The van der Waals surface area contributed by atoms with E-state index in [-0.39, 0.29) is 30.6 Å². The molecule has 6 nitrogen and oxygen atoms in total. The van der Waals surface area contributed by atoms with Crippen LogP contribution >= 0.6 is 0 Å². The molecule has 0 radical (unpaired) electrons. The number of ether oxygens (including phenoxy) is 2. The lowest BCUT2D eigenvalue weighted by Crippen LogP contribution is -2.34. The maximum atomic E-state index is 11.7. The van der Waals surface area contributed by atoms with Crippen molar-refractivity contribution in [3.05, 3.63) is 12.2 Å². The molecule has 0 unspecified atom stereocenters. The van der Waals surface area contributed by atoms with Crippen LogP contribution in [0.15, 0.2) is 12.2 Å². The fourth-order valence-corrected chi connectivity index (χ4v) is 3.76. The molecule has 1 amide bonds. The Bertz CT molecular complexity index is 465. The molecular formula is C19H31NO5. The third kappa shape index (κ3) is 6.34. The number of carbonyl (C=O) groups is 2. The van der Waals surface area contributed by atoms with Gasteiger partial charge in [-0.25, -0.2) is 4.79 Å². The van der Waals surface area contributed by atoms with Crippen LogP contribution in [0.4, 0.5) is 4.79 Å². The van der Waals surface area contributed by atoms with Crippen molar-refractivity contribution in [2.75, 3.05) is 13.2 Å². The van der Waals surface area contributed by atoms with Crippen molar-refractivity contribution in [3.63, 3.8) is 0 Å². The van der Waals surface area contributed by atoms with Gasteiger partial charge in [-0.1, -0.05) is 25.5 Å². The van der Waals surface area contributed by atoms with Gasteiger partial charge in [-0.05, 0) is 44.4 Å². The quantitative estimate of drug-likeness (QED) is 0.439. The zero-order valence-corrected chi connectivity index (χ0v) is 15.1. The van der Waals surface area contributed by atoms with Gasteiger partial charge in [-0.2, -0.15) is 0 Å². The van der Waals surface area contributed by atoms with E-state index in [4.69, 9.17) is 14.6 Å². The summed E-state index contributed by atoms with van der Waals surface area (Å²) in [6.45, 7) is 3.15. The average Bonchev–Trinajstić information content (AvgIpc) is 3.17. The van der Waals surface area contributed by atoms with Gasteiger partial charge in [0.1, 0.15) is 0 Å². The second-order valence-corrected chi connectivity index (χ2v) is 6.99. The Morgan fingerprint density at radius 2 is 1.96 bits per heavy atom. The van der Waals surface area contributed by atoms with Crippen molar-refractivity contribution in [2.45, 2.75) is 70.5 Å². The van der Waals surface area contributed by atoms with Gasteiger partial charge >= 0.3 is 12.1 Å². The zero-order valence-electron chi connectivity index (χ0n) is 15.1. The van der Waals surface area contributed by atoms with Crippen molar-refractivity contribution in [3.8, 4) is 0 Å². The molecule has 2 saturated heterocycles. The van der Waals surface area contributed by atoms with E-state index in [0.29, 0.717) is 25.5 Å². The Labute approximate surface area is 150 Å². The minimum Gasteiger partial charge on any atom is -0.481 e. The maximum Gasteiger partial charge on any atom is 0.407 e. The van der Waals surface area contributed by atoms with Crippen molar-refractivity contribution < 1.29 is 24.2 Å². The van der Waals surface area contributed by atoms with Crippen molar-refractivity contribution in [1.82, 2.24) is 5.32 Å². The van der Waals surface area contributed by atoms with Crippen molar-refractivity contribution >= 4 is 12.1 Å². The zero-order chi connectivity index (χ0) is 18.1. The number of aliphatic carboxylic acids is 1. The number of allylic oxidation sites excluding steroid dienone is 2. The number of amides is 1. The van der Waals surface area contributed by atoms with Crippen LogP contribution in [-0.4, -0.2) is 42.5 Å². The first-order chi connectivity index (χ1) is 12.1. The van der Waals surface area contributed by atoms with Crippen LogP contribution in [0.3, 0.4) is 0 Å². The third-order valence-electron chi connectivity index (χ3n) is 5.13. The van der Waals surface area contributed by atoms with E-state index in [9.17, 15) is 9.59 Å². The lowest BCUT2D eigenvalue weighted by Gasteiger charge is -2.26. The second kappa shape index (κ2) is 10.4. The predicted molar refractivity (Wildman–Crippen MR) is 94.4 cm³/mol. The molecule has 6 heteroatoms. The van der Waals surface area contributed by atoms with Gasteiger partial charge in [0.25, 0.3) is 0 Å². The summed E-state index contributed by atoms with van der Waals surface area (Å²) >= 11 is 0. The summed E-state index contributed by atoms with van der Waals surface area (Å²) in [5, 5.41) is 11.4. The fourth-order valence-electron chi connectivity index (χ4n) is 3.76. The molecule has 2 rings (SSSR count). The monoisotopic (exact) mass is 353 g/mol. The van der Waals surface area contributed by atoms with E-state index >= 15 is 0 Å². The number of hydrogen-bond acceptors (Lipinski definition) is 4. The van der Waals surface area contributed by atoms with Crippen LogP contribution in [0.1, 0.15) is 58.3 Å². The van der Waals surface area contributed by atoms with Gasteiger partial charge in [0.2, 0.25) is 0 Å². The number of alkyl carbamates (subject to hydrolysis) is 1. The molecule has 4 atom stereocenters. The SMILES string of the molecule is CCCCNC(=O)OC[C@H]1[C@@H](CC=CCCCC(=O)O)[C@H]2CC[C@@H]1O2. The normalized spacial score (nSPS) is 27.7. The summed E-state index contributed by atoms with van der Waals surface area (Å²) < 4.78 is 11.4. The molecule has 0 aromatic heterocycles. The molecule has 0 spiro atoms. The van der Waals surface area contributed by atoms with Gasteiger partial charge in [0, 0.05) is 18.9 Å². The van der Waals surface area contributed by atoms with E-state index in [1.807, 2.05) is 0 Å². The number of fused-ring (bicyclic) bond motifs is 2. The molecule has 2 fully saturated rings. The van der Waals surface area contributed by atoms with Crippen LogP contribution < -0.4 is 5.32 Å². The molecule has 2 heterocycles. The van der Waals surface area contributed by atoms with Crippen molar-refractivity contribution in [2.24, 2.45) is 11.8 Å². The van der Waals surface area contributed by atoms with E-state index in [0.717, 1.165) is 38.5 Å². The second-order valence-electron chi connectivity index (χ2n) is 6.99. The van der Waals surface area contributed by atoms with Crippen LogP contribution in [0.2, 0.25) is 0 Å². The lowest BCUT2D eigenvalue weighted by molar-refractivity contribution is -0.137. The Morgan fingerprint density at radius 3 is 2.68 bits per heavy atom. The first-order valence-electron chi connectivity index (χ1n) is 9.54. The first-order valence-corrected chi connectivity index (χ1v) is 9.54. The highest BCUT2D eigenvalue weighted by Gasteiger charge is 2.48. The number of hydrogen-bond donors (Lipinski definition) is 2. The highest BCUT2D eigenvalue weighted by atomic mass is 16.6. The highest BCUT2D eigenvalue weighted by molar-refractivity contribution is 5.67. The van der Waals surface area contributed by atoms with Gasteiger partial charge < -0.3 is 19.9 Å². The molecule has 0 aromatic rings. The molecule has 2 aliphatic heterocycles. The Balaban J connectivity index is 1.72. The van der Waals surface area contributed by atoms with E-state index in [1.165, 1.54) is 0 Å². The Kier molecular flexibility index (Phi) is 8.25. The molecular weight excluding hydrogens is 322 g/mol. The average molecular weight is 353 g/mol. The van der Waals surface area contributed by atoms with Crippen LogP contribution in [0.25, 0.3) is 0 Å². The minimum absolute atomic E-state index is 0.207. The summed E-state index contributed by atoms with van der Waals surface area (Å²) in [6.07, 6.45) is 11.0. The molecule has 142 valence electrons. The topological polar surface area (TPSA) is 84.9 Å². The van der Waals surface area contributed by atoms with E-state index < -0.39 is 5.97 Å². The summed E-state index contributed by atoms with van der Waals surface area (Å²) in [7, 11) is 0. The van der Waals surface area contributed by atoms with Gasteiger partial charge in [0.15, 0.2) is 0 Å². The largest absolute Gasteiger partial charge is 0.481 e. The molecule has 0 aromatic carbocycles. The smallest absolute Gasteiger partial charge is 0.407 e. The summed E-state index contributed by atoms with van der Waals surface area (Å²) in [5.41, 5.74) is 0. The number of rotatable bonds is 11. The van der Waals surface area contributed by atoms with Crippen molar-refractivity contribution in [1.29, 1.82) is 0 Å². The number of nitrogens with one attached hydrogen (secondary N) is 1. The molecule has 2 bridgehead atoms. The number of unbranched alkanes of at least 4 members (excludes halogenated alkanes) is 2. The molecule has 2 N–H and O–H groups in total. The number of carboxylic acids is 1. The van der Waals surface area contributed by atoms with Gasteiger partial charge in [-0.15, -0.1) is 0 Å². The Morgan fingerprint density at radius 1 is 1.20 bits per heavy atom. The molecule has 25 heavy (non-hydrogen) atoms. The molecule has 0 aliphatic carbocycles. The summed E-state index contributed by atoms with van der Waals surface area (Å²) in [5.74, 6) is -0.0958. The minimum atomic E-state index is -0.746. The van der Waals surface area contributed by atoms with Crippen LogP contribution in [0.5, 0.6) is 0 Å². The summed E-state index contributed by atoms with van der Waals surface area (Å²) in [4.78, 5) is 22.2. The predicted octanol–water partition coefficient (Wildman–Crippen LogP) is 3.51. The number of carbonyl (C=O) groups excluding carboxylic acids is 1. The standard InChI is InChI=1S/C19H31NO5/c1-2-3-12-20-19(23)24-13-15-14(16-10-11-17(15)25-16)8-6-4-5-7-9-18(21)22/h4,6,14-17H,2-3,5,7-13H2,1H3,(H,20,23)(H,21,22)/t14-,15+,16-,17+/m1/s1. The first kappa shape index (κ1) is 19.8. The molecule has 2 aliphatic rings. The third-order valence-corrected chi connectivity index (χ3v) is 5.13. The molecule has 0 saturated carbocycles. The highest BCUT2D eigenvalue weighted by Crippen LogP contribution is 2.45. The summed E-state index contributed by atoms with van der Waals surface area (Å²) in [6, 6.07) is 0.